The molecule has 3 aliphatic heterocycles. The molecule has 0 spiro atoms. The highest BCUT2D eigenvalue weighted by atomic mass is 32.2. The minimum absolute atomic E-state index is 0.0289. The number of nitrogens with two attached hydrogens (primary N) is 1. The third-order valence-corrected chi connectivity index (χ3v) is 6.45. The standard InChI is InChI=1S/C17H21NO4.C2H7NO3S/c1-18-13-7-11(8-14(18)16-15(13)22-16)21-17(20)12(9-19)10-5-3-2-4-6-10;3-1-2-7(4,5)6/h2-6,11-16,19H,7-9H2,1H3;1-3H2,(H,4,5,6). The number of carbonyl (C=O) groups is 1. The predicted octanol–water partition coefficient (Wildman–Crippen LogP) is -0.249. The minimum atomic E-state index is -3.80. The first kappa shape index (κ1) is 22.1. The van der Waals surface area contributed by atoms with E-state index in [0.29, 0.717) is 24.3 Å². The van der Waals surface area contributed by atoms with Crippen LogP contribution in [-0.4, -0.2) is 85.3 Å². The fourth-order valence-corrected chi connectivity index (χ4v) is 4.49. The molecule has 5 unspecified atom stereocenters. The number of aliphatic hydroxyl groups is 1. The average Bonchev–Trinajstić information content (AvgIpc) is 3.41. The number of hydrogen-bond acceptors (Lipinski definition) is 8. The van der Waals surface area contributed by atoms with Crippen LogP contribution >= 0.6 is 0 Å². The van der Waals surface area contributed by atoms with E-state index in [2.05, 4.69) is 11.9 Å². The molecule has 3 heterocycles. The van der Waals surface area contributed by atoms with Gasteiger partial charge < -0.3 is 20.3 Å². The second kappa shape index (κ2) is 9.07. The van der Waals surface area contributed by atoms with Crippen molar-refractivity contribution in [3.05, 3.63) is 35.9 Å². The van der Waals surface area contributed by atoms with Crippen molar-refractivity contribution in [2.45, 2.75) is 49.2 Å². The Morgan fingerprint density at radius 1 is 1.28 bits per heavy atom. The number of ether oxygens (including phenoxy) is 2. The lowest BCUT2D eigenvalue weighted by atomic mass is 9.97. The topological polar surface area (TPSA) is 143 Å². The molecular formula is C19H28N2O7S. The Morgan fingerprint density at radius 2 is 1.86 bits per heavy atom. The Kier molecular flexibility index (Phi) is 6.92. The van der Waals surface area contributed by atoms with Crippen LogP contribution < -0.4 is 5.73 Å². The molecule has 0 aromatic heterocycles. The molecular weight excluding hydrogens is 400 g/mol. The summed E-state index contributed by atoms with van der Waals surface area (Å²) >= 11 is 0. The van der Waals surface area contributed by atoms with E-state index in [1.807, 2.05) is 30.3 Å². The van der Waals surface area contributed by atoms with Gasteiger partial charge in [0.2, 0.25) is 0 Å². The average molecular weight is 429 g/mol. The van der Waals surface area contributed by atoms with E-state index in [1.165, 1.54) is 0 Å². The molecule has 0 aliphatic carbocycles. The Hall–Kier alpha value is -1.56. The summed E-state index contributed by atoms with van der Waals surface area (Å²) in [5.74, 6) is -1.27. The summed E-state index contributed by atoms with van der Waals surface area (Å²) in [4.78, 5) is 14.8. The quantitative estimate of drug-likeness (QED) is 0.317. The Labute approximate surface area is 170 Å². The second-order valence-electron chi connectivity index (χ2n) is 7.62. The monoisotopic (exact) mass is 428 g/mol. The highest BCUT2D eigenvalue weighted by molar-refractivity contribution is 7.85. The van der Waals surface area contributed by atoms with Crippen molar-refractivity contribution >= 4 is 16.1 Å². The molecule has 3 fully saturated rings. The molecule has 4 rings (SSSR count). The molecule has 1 aromatic rings. The van der Waals surface area contributed by atoms with Gasteiger partial charge >= 0.3 is 5.97 Å². The molecule has 0 radical (unpaired) electrons. The van der Waals surface area contributed by atoms with Crippen LogP contribution in [0.1, 0.15) is 24.3 Å². The van der Waals surface area contributed by atoms with Crippen LogP contribution in [0.4, 0.5) is 0 Å². The van der Waals surface area contributed by atoms with E-state index in [-0.39, 0.29) is 31.0 Å². The van der Waals surface area contributed by atoms with Gasteiger partial charge in [0.15, 0.2) is 0 Å². The van der Waals surface area contributed by atoms with E-state index in [1.54, 1.807) is 0 Å². The lowest BCUT2D eigenvalue weighted by molar-refractivity contribution is -0.156. The summed E-state index contributed by atoms with van der Waals surface area (Å²) in [6.07, 6.45) is 2.26. The van der Waals surface area contributed by atoms with Gasteiger partial charge in [-0.2, -0.15) is 8.42 Å². The number of aliphatic hydroxyl groups excluding tert-OH is 1. The number of carbonyl (C=O) groups excluding carboxylic acids is 1. The third-order valence-electron chi connectivity index (χ3n) is 5.70. The molecule has 0 amide bonds. The summed E-state index contributed by atoms with van der Waals surface area (Å²) < 4.78 is 38.7. The number of rotatable bonds is 6. The van der Waals surface area contributed by atoms with E-state index < -0.39 is 16.0 Å². The molecule has 5 atom stereocenters. The number of likely N-dealkylation sites (N-methyl/N-ethyl adjacent to an activating group) is 1. The number of morpholine rings is 1. The summed E-state index contributed by atoms with van der Waals surface area (Å²) in [5, 5.41) is 9.56. The van der Waals surface area contributed by atoms with Crippen molar-refractivity contribution in [2.75, 3.05) is 26.0 Å². The van der Waals surface area contributed by atoms with Crippen LogP contribution in [-0.2, 0) is 24.4 Å². The van der Waals surface area contributed by atoms with Crippen LogP contribution in [0.25, 0.3) is 0 Å². The number of nitrogens with zero attached hydrogens (tertiary/aromatic N) is 1. The molecule has 9 nitrogen and oxygen atoms in total. The van der Waals surface area contributed by atoms with Gasteiger partial charge in [0.05, 0.1) is 12.4 Å². The maximum absolute atomic E-state index is 12.4. The van der Waals surface area contributed by atoms with E-state index in [9.17, 15) is 18.3 Å². The lowest BCUT2D eigenvalue weighted by Crippen LogP contribution is -2.48. The van der Waals surface area contributed by atoms with Crippen molar-refractivity contribution in [1.82, 2.24) is 4.90 Å². The molecule has 29 heavy (non-hydrogen) atoms. The number of esters is 1. The van der Waals surface area contributed by atoms with E-state index in [4.69, 9.17) is 19.8 Å². The molecule has 2 bridgehead atoms. The zero-order valence-electron chi connectivity index (χ0n) is 16.3. The normalized spacial score (nSPS) is 31.2. The Morgan fingerprint density at radius 3 is 2.31 bits per heavy atom. The Bertz CT molecular complexity index is 786. The Balaban J connectivity index is 0.000000298. The number of epoxide rings is 1. The van der Waals surface area contributed by atoms with E-state index in [0.717, 1.165) is 18.4 Å². The van der Waals surface area contributed by atoms with Crippen molar-refractivity contribution in [3.8, 4) is 0 Å². The largest absolute Gasteiger partial charge is 0.462 e. The van der Waals surface area contributed by atoms with Crippen molar-refractivity contribution < 1.29 is 32.3 Å². The highest BCUT2D eigenvalue weighted by Gasteiger charge is 2.62. The SMILES string of the molecule is CN1C2CC(OC(=O)C(CO)c3ccccc3)CC1C1OC12.NCCS(=O)(=O)O. The number of fused-ring (bicyclic) bond motifs is 5. The second-order valence-corrected chi connectivity index (χ2v) is 9.19. The van der Waals surface area contributed by atoms with Crippen LogP contribution in [0.2, 0.25) is 0 Å². The molecule has 3 aliphatic rings. The number of piperidine rings is 1. The zero-order valence-corrected chi connectivity index (χ0v) is 17.1. The van der Waals surface area contributed by atoms with Gasteiger partial charge in [0, 0.05) is 31.5 Å². The summed E-state index contributed by atoms with van der Waals surface area (Å²) in [5.41, 5.74) is 5.58. The number of benzene rings is 1. The van der Waals surface area contributed by atoms with Crippen molar-refractivity contribution in [3.63, 3.8) is 0 Å². The van der Waals surface area contributed by atoms with E-state index >= 15 is 0 Å². The smallest absolute Gasteiger partial charge is 0.316 e. The molecule has 0 saturated carbocycles. The fraction of sp³-hybridized carbons (Fsp3) is 0.632. The summed E-state index contributed by atoms with van der Waals surface area (Å²) in [6.45, 7) is -0.254. The van der Waals surface area contributed by atoms with Gasteiger partial charge in [-0.25, -0.2) is 0 Å². The lowest BCUT2D eigenvalue weighted by Gasteiger charge is -2.38. The fourth-order valence-electron chi connectivity index (χ4n) is 4.19. The minimum Gasteiger partial charge on any atom is -0.462 e. The van der Waals surface area contributed by atoms with Crippen LogP contribution in [0.15, 0.2) is 30.3 Å². The molecule has 162 valence electrons. The predicted molar refractivity (Wildman–Crippen MR) is 105 cm³/mol. The first-order valence-electron chi connectivity index (χ1n) is 9.64. The number of hydrogen-bond donors (Lipinski definition) is 3. The summed E-state index contributed by atoms with van der Waals surface area (Å²) in [7, 11) is -1.67. The van der Waals surface area contributed by atoms with Gasteiger partial charge in [0.25, 0.3) is 10.1 Å². The zero-order chi connectivity index (χ0) is 21.2. The van der Waals surface area contributed by atoms with Gasteiger partial charge in [-0.15, -0.1) is 0 Å². The first-order chi connectivity index (χ1) is 13.7. The maximum atomic E-state index is 12.4. The third kappa shape index (κ3) is 5.33. The summed E-state index contributed by atoms with van der Waals surface area (Å²) in [6, 6.07) is 10.1. The molecule has 10 heteroatoms. The van der Waals surface area contributed by atoms with Crippen molar-refractivity contribution in [1.29, 1.82) is 0 Å². The highest BCUT2D eigenvalue weighted by Crippen LogP contribution is 2.48. The molecule has 4 N–H and O–H groups in total. The van der Waals surface area contributed by atoms with Crippen LogP contribution in [0.5, 0.6) is 0 Å². The van der Waals surface area contributed by atoms with Crippen molar-refractivity contribution in [2.24, 2.45) is 5.73 Å². The van der Waals surface area contributed by atoms with Crippen LogP contribution in [0, 0.1) is 0 Å². The van der Waals surface area contributed by atoms with Gasteiger partial charge in [-0.1, -0.05) is 30.3 Å². The van der Waals surface area contributed by atoms with Gasteiger partial charge in [-0.05, 0) is 12.6 Å². The maximum Gasteiger partial charge on any atom is 0.316 e. The first-order valence-corrected chi connectivity index (χ1v) is 11.2. The molecule has 1 aromatic carbocycles. The molecule has 3 saturated heterocycles. The van der Waals surface area contributed by atoms with Gasteiger partial charge in [-0.3, -0.25) is 14.2 Å². The van der Waals surface area contributed by atoms with Gasteiger partial charge in [0.1, 0.15) is 24.2 Å². The van der Waals surface area contributed by atoms with Crippen LogP contribution in [0.3, 0.4) is 0 Å².